The van der Waals surface area contributed by atoms with Crippen LogP contribution in [0, 0.1) is 0 Å². The van der Waals surface area contributed by atoms with E-state index in [0.717, 1.165) is 0 Å². The lowest BCUT2D eigenvalue weighted by Gasteiger charge is -2.07. The molecule has 11 heteroatoms. The molecule has 0 heterocycles. The summed E-state index contributed by atoms with van der Waals surface area (Å²) in [5, 5.41) is 24.9. The Labute approximate surface area is 131 Å². The number of hydrogen-bond acceptors (Lipinski definition) is 8. The van der Waals surface area contributed by atoms with Crippen LogP contribution in [0.5, 0.6) is 0 Å². The van der Waals surface area contributed by atoms with Crippen LogP contribution in [0.25, 0.3) is 0 Å². The summed E-state index contributed by atoms with van der Waals surface area (Å²) in [6.07, 6.45) is 0.312. The number of aliphatic carboxylic acids is 3. The topological polar surface area (TPSA) is 190 Å². The molecule has 0 aliphatic heterocycles. The molecule has 9 N–H and O–H groups in total. The van der Waals surface area contributed by atoms with Crippen molar-refractivity contribution in [1.29, 1.82) is 0 Å². The molecule has 0 aliphatic carbocycles. The van der Waals surface area contributed by atoms with E-state index in [1.807, 2.05) is 0 Å². The summed E-state index contributed by atoms with van der Waals surface area (Å²) in [6, 6.07) is -2.60. The summed E-state index contributed by atoms with van der Waals surface area (Å²) in [6.45, 7) is 0. The minimum atomic E-state index is -1.06. The molecule has 0 unspecified atom stereocenters. The Morgan fingerprint density at radius 1 is 0.905 bits per heavy atom. The van der Waals surface area contributed by atoms with Crippen LogP contribution in [0.3, 0.4) is 0 Å². The molecular weight excluding hydrogens is 322 g/mol. The number of rotatable bonds is 9. The molecule has 9 nitrogen and oxygen atoms in total. The minimum Gasteiger partial charge on any atom is -0.480 e. The summed E-state index contributed by atoms with van der Waals surface area (Å²) in [7, 11) is 0. The van der Waals surface area contributed by atoms with Crippen molar-refractivity contribution in [3.05, 3.63) is 0 Å². The Bertz CT molecular complexity index is 323. The molecule has 3 atom stereocenters. The quantitative estimate of drug-likeness (QED) is 0.187. The van der Waals surface area contributed by atoms with Gasteiger partial charge in [-0.2, -0.15) is 24.4 Å². The highest BCUT2D eigenvalue weighted by Gasteiger charge is 2.13. The Balaban J connectivity index is 0. The van der Waals surface area contributed by atoms with Crippen LogP contribution in [0.1, 0.15) is 6.42 Å². The molecule has 0 spiro atoms. The van der Waals surface area contributed by atoms with Crippen LogP contribution >= 0.6 is 24.4 Å². The van der Waals surface area contributed by atoms with Gasteiger partial charge in [0.15, 0.2) is 0 Å². The van der Waals surface area contributed by atoms with Gasteiger partial charge in [-0.05, 0) is 12.2 Å². The first kappa shape index (κ1) is 22.3. The van der Waals surface area contributed by atoms with Gasteiger partial charge in [0.05, 0.1) is 0 Å². The summed E-state index contributed by atoms with van der Waals surface area (Å²) in [5.41, 5.74) is 15.4. The predicted molar refractivity (Wildman–Crippen MR) is 82.6 cm³/mol. The zero-order chi connectivity index (χ0) is 17.0. The maximum atomic E-state index is 10.3. The van der Waals surface area contributed by atoms with Crippen molar-refractivity contribution in [2.24, 2.45) is 17.2 Å². The Morgan fingerprint density at radius 3 is 1.62 bits per heavy atom. The summed E-state index contributed by atoms with van der Waals surface area (Å²) in [4.78, 5) is 30.3. The average Bonchev–Trinajstić information content (AvgIpc) is 2.42. The summed E-state index contributed by atoms with van der Waals surface area (Å²) >= 11 is 4.94. The third-order valence-electron chi connectivity index (χ3n) is 2.02. The van der Waals surface area contributed by atoms with Gasteiger partial charge in [0.1, 0.15) is 18.1 Å². The molecule has 0 aromatic rings. The van der Waals surface area contributed by atoms with E-state index >= 15 is 0 Å². The lowest BCUT2D eigenvalue weighted by Crippen LogP contribution is -2.33. The van der Waals surface area contributed by atoms with Crippen molar-refractivity contribution in [2.75, 3.05) is 17.3 Å². The Morgan fingerprint density at radius 2 is 1.33 bits per heavy atom. The number of thioether (sulfide) groups is 1. The second-order valence-corrected chi connectivity index (χ2v) is 5.40. The molecule has 0 radical (unpaired) electrons. The fraction of sp³-hybridized carbons (Fsp3) is 0.700. The van der Waals surface area contributed by atoms with Gasteiger partial charge in [-0.3, -0.25) is 14.4 Å². The van der Waals surface area contributed by atoms with Crippen molar-refractivity contribution in [3.8, 4) is 0 Å². The number of carboxylic acids is 3. The normalized spacial score (nSPS) is 14.3. The van der Waals surface area contributed by atoms with Gasteiger partial charge >= 0.3 is 17.9 Å². The molecule has 0 amide bonds. The predicted octanol–water partition coefficient (Wildman–Crippen LogP) is -1.74. The molecular formula is C10H21N3O6S2. The number of nitrogens with two attached hydrogens (primary N) is 3. The number of thiol groups is 1. The molecule has 0 saturated carbocycles. The van der Waals surface area contributed by atoms with Crippen LogP contribution in [0.15, 0.2) is 0 Å². The monoisotopic (exact) mass is 343 g/mol. The van der Waals surface area contributed by atoms with Gasteiger partial charge in [-0.1, -0.05) is 0 Å². The first-order valence-corrected chi connectivity index (χ1v) is 7.55. The fourth-order valence-electron chi connectivity index (χ4n) is 0.693. The second kappa shape index (κ2) is 12.7. The molecule has 0 aromatic heterocycles. The molecule has 0 bridgehead atoms. The Hall–Kier alpha value is -1.01. The smallest absolute Gasteiger partial charge is 0.321 e. The second-order valence-electron chi connectivity index (χ2n) is 3.88. The van der Waals surface area contributed by atoms with Gasteiger partial charge in [-0.15, -0.1) is 0 Å². The van der Waals surface area contributed by atoms with Crippen LogP contribution in [-0.2, 0) is 14.4 Å². The maximum Gasteiger partial charge on any atom is 0.321 e. The van der Waals surface area contributed by atoms with E-state index in [9.17, 15) is 14.4 Å². The summed E-state index contributed by atoms with van der Waals surface area (Å²) in [5.74, 6) is -2.16. The first-order valence-electron chi connectivity index (χ1n) is 5.77. The van der Waals surface area contributed by atoms with E-state index < -0.39 is 36.0 Å². The SMILES string of the molecule is N[C@@H](CCSC[C@H](N)C(=O)O)C(=O)O.N[C@@H](CS)C(=O)O. The van der Waals surface area contributed by atoms with Gasteiger partial charge < -0.3 is 32.5 Å². The highest BCUT2D eigenvalue weighted by atomic mass is 32.2. The first-order chi connectivity index (χ1) is 9.63. The lowest BCUT2D eigenvalue weighted by molar-refractivity contribution is -0.139. The zero-order valence-corrected chi connectivity index (χ0v) is 12.9. The molecule has 124 valence electrons. The standard InChI is InChI=1S/C7H14N2O4S.C3H7NO2S/c8-4(6(10)11)1-2-14-3-5(9)7(12)13;4-2(1-7)3(5)6/h4-5H,1-3,8-9H2,(H,10,11)(H,12,13);2,7H,1,4H2,(H,5,6)/t4-,5-;2-/m00/s1. The van der Waals surface area contributed by atoms with E-state index in [1.165, 1.54) is 11.8 Å². The maximum absolute atomic E-state index is 10.3. The van der Waals surface area contributed by atoms with Crippen molar-refractivity contribution < 1.29 is 29.7 Å². The van der Waals surface area contributed by atoms with E-state index in [0.29, 0.717) is 12.2 Å². The van der Waals surface area contributed by atoms with Gasteiger partial charge in [0, 0.05) is 11.5 Å². The van der Waals surface area contributed by atoms with Gasteiger partial charge in [0.25, 0.3) is 0 Å². The van der Waals surface area contributed by atoms with Crippen LogP contribution in [-0.4, -0.2) is 68.6 Å². The van der Waals surface area contributed by atoms with E-state index in [1.54, 1.807) is 0 Å². The van der Waals surface area contributed by atoms with Crippen molar-refractivity contribution in [3.63, 3.8) is 0 Å². The highest BCUT2D eigenvalue weighted by Crippen LogP contribution is 2.05. The van der Waals surface area contributed by atoms with Crippen molar-refractivity contribution >= 4 is 42.3 Å². The highest BCUT2D eigenvalue weighted by molar-refractivity contribution is 7.99. The zero-order valence-electron chi connectivity index (χ0n) is 11.2. The average molecular weight is 343 g/mol. The van der Waals surface area contributed by atoms with E-state index in [-0.39, 0.29) is 11.5 Å². The van der Waals surface area contributed by atoms with Crippen LogP contribution < -0.4 is 17.2 Å². The molecule has 0 aliphatic rings. The minimum absolute atomic E-state index is 0.190. The van der Waals surface area contributed by atoms with Gasteiger partial charge in [-0.25, -0.2) is 0 Å². The molecule has 0 fully saturated rings. The summed E-state index contributed by atoms with van der Waals surface area (Å²) < 4.78 is 0. The third kappa shape index (κ3) is 13.7. The van der Waals surface area contributed by atoms with Gasteiger partial charge in [0.2, 0.25) is 0 Å². The molecule has 0 aromatic carbocycles. The molecule has 0 saturated heterocycles. The fourth-order valence-corrected chi connectivity index (χ4v) is 1.83. The van der Waals surface area contributed by atoms with E-state index in [4.69, 9.17) is 32.5 Å². The molecule has 21 heavy (non-hydrogen) atoms. The third-order valence-corrected chi connectivity index (χ3v) is 3.53. The molecule has 0 rings (SSSR count). The number of carboxylic acid groups (broad SMARTS) is 3. The van der Waals surface area contributed by atoms with Crippen molar-refractivity contribution in [1.82, 2.24) is 0 Å². The largest absolute Gasteiger partial charge is 0.480 e. The lowest BCUT2D eigenvalue weighted by atomic mass is 10.2. The number of hydrogen-bond donors (Lipinski definition) is 7. The number of carbonyl (C=O) groups is 3. The van der Waals surface area contributed by atoms with E-state index in [2.05, 4.69) is 12.6 Å². The van der Waals surface area contributed by atoms with Crippen LogP contribution in [0.4, 0.5) is 0 Å². The van der Waals surface area contributed by atoms with Crippen molar-refractivity contribution in [2.45, 2.75) is 24.5 Å². The van der Waals surface area contributed by atoms with Crippen LogP contribution in [0.2, 0.25) is 0 Å². The Kier molecular flexibility index (Phi) is 13.5.